The molecule has 4 rings (SSSR count). The standard InChI is InChI=1S/C20H17N7O2/c1-12(19(28)22-11-21)23-20-24-16-9-4-3-8-15(16)18-25-17(26-27(18)20)13-6-5-7-14(10-13)29-2/h3-10,12H,1-2H3,(H,22,28)(H,23,24). The molecule has 2 N–H and O–H groups in total. The lowest BCUT2D eigenvalue weighted by atomic mass is 10.2. The Bertz CT molecular complexity index is 1260. The molecule has 144 valence electrons. The second-order valence-electron chi connectivity index (χ2n) is 6.32. The van der Waals surface area contributed by atoms with Crippen molar-refractivity contribution < 1.29 is 9.53 Å². The maximum Gasteiger partial charge on any atom is 0.255 e. The average molecular weight is 387 g/mol. The third kappa shape index (κ3) is 3.39. The van der Waals surface area contributed by atoms with Gasteiger partial charge in [0.05, 0.1) is 12.6 Å². The highest BCUT2D eigenvalue weighted by atomic mass is 16.5. The van der Waals surface area contributed by atoms with Crippen LogP contribution in [0, 0.1) is 11.5 Å². The number of nitrogens with zero attached hydrogens (tertiary/aromatic N) is 5. The van der Waals surface area contributed by atoms with Crippen molar-refractivity contribution in [3.8, 4) is 23.3 Å². The van der Waals surface area contributed by atoms with Crippen LogP contribution in [0.25, 0.3) is 27.9 Å². The summed E-state index contributed by atoms with van der Waals surface area (Å²) in [5.41, 5.74) is 2.10. The monoisotopic (exact) mass is 387 g/mol. The number of benzene rings is 2. The van der Waals surface area contributed by atoms with E-state index in [1.54, 1.807) is 24.7 Å². The minimum absolute atomic E-state index is 0.348. The van der Waals surface area contributed by atoms with Crippen molar-refractivity contribution in [1.82, 2.24) is 24.9 Å². The molecule has 1 atom stereocenters. The number of amides is 1. The number of nitrogens with one attached hydrogen (secondary N) is 2. The Labute approximate surface area is 166 Å². The highest BCUT2D eigenvalue weighted by Crippen LogP contribution is 2.26. The molecule has 1 unspecified atom stereocenters. The predicted octanol–water partition coefficient (Wildman–Crippen LogP) is 2.35. The molecule has 2 aromatic heterocycles. The topological polar surface area (TPSA) is 117 Å². The molecule has 29 heavy (non-hydrogen) atoms. The molecule has 4 aromatic rings. The molecule has 0 aliphatic carbocycles. The van der Waals surface area contributed by atoms with Crippen molar-refractivity contribution in [2.75, 3.05) is 12.4 Å². The van der Waals surface area contributed by atoms with Crippen LogP contribution in [0.15, 0.2) is 48.5 Å². The summed E-state index contributed by atoms with van der Waals surface area (Å²) in [5.74, 6) is 1.08. The van der Waals surface area contributed by atoms with Crippen LogP contribution in [0.2, 0.25) is 0 Å². The highest BCUT2D eigenvalue weighted by Gasteiger charge is 2.18. The zero-order valence-electron chi connectivity index (χ0n) is 15.7. The van der Waals surface area contributed by atoms with Crippen LogP contribution >= 0.6 is 0 Å². The van der Waals surface area contributed by atoms with Crippen LogP contribution < -0.4 is 15.4 Å². The van der Waals surface area contributed by atoms with Crippen molar-refractivity contribution in [3.63, 3.8) is 0 Å². The smallest absolute Gasteiger partial charge is 0.255 e. The van der Waals surface area contributed by atoms with E-state index >= 15 is 0 Å². The first-order valence-corrected chi connectivity index (χ1v) is 8.86. The van der Waals surface area contributed by atoms with Gasteiger partial charge in [0.2, 0.25) is 5.95 Å². The predicted molar refractivity (Wildman–Crippen MR) is 107 cm³/mol. The number of aromatic nitrogens is 4. The van der Waals surface area contributed by atoms with Crippen LogP contribution in [-0.4, -0.2) is 38.6 Å². The third-order valence-corrected chi connectivity index (χ3v) is 4.43. The number of rotatable bonds is 5. The van der Waals surface area contributed by atoms with Crippen molar-refractivity contribution >= 4 is 28.4 Å². The number of carbonyl (C=O) groups is 1. The van der Waals surface area contributed by atoms with Crippen LogP contribution in [0.1, 0.15) is 6.92 Å². The number of nitriles is 1. The van der Waals surface area contributed by atoms with Gasteiger partial charge in [0.1, 0.15) is 11.8 Å². The van der Waals surface area contributed by atoms with Crippen LogP contribution in [0.4, 0.5) is 5.95 Å². The summed E-state index contributed by atoms with van der Waals surface area (Å²) in [6, 6.07) is 14.3. The van der Waals surface area contributed by atoms with Gasteiger partial charge >= 0.3 is 0 Å². The highest BCUT2D eigenvalue weighted by molar-refractivity contribution is 5.93. The quantitative estimate of drug-likeness (QED) is 0.399. The van der Waals surface area contributed by atoms with Crippen molar-refractivity contribution in [2.24, 2.45) is 0 Å². The summed E-state index contributed by atoms with van der Waals surface area (Å²) in [4.78, 5) is 21.2. The summed E-state index contributed by atoms with van der Waals surface area (Å²) in [5, 5.41) is 19.2. The first-order chi connectivity index (χ1) is 14.1. The SMILES string of the molecule is COc1cccc(-c2nc3c4ccccc4nc(NC(C)C(=O)NC#N)n3n2)c1. The molecule has 2 aromatic carbocycles. The molecule has 9 nitrogen and oxygen atoms in total. The average Bonchev–Trinajstić information content (AvgIpc) is 3.20. The Kier molecular flexibility index (Phi) is 4.66. The van der Waals surface area contributed by atoms with Crippen LogP contribution in [-0.2, 0) is 4.79 Å². The summed E-state index contributed by atoms with van der Waals surface area (Å²) in [6.07, 6.45) is 1.63. The lowest BCUT2D eigenvalue weighted by Gasteiger charge is -2.13. The molecule has 9 heteroatoms. The molecule has 0 aliphatic heterocycles. The van der Waals surface area contributed by atoms with E-state index in [-0.39, 0.29) is 0 Å². The molecule has 0 bridgehead atoms. The lowest BCUT2D eigenvalue weighted by molar-refractivity contribution is -0.120. The van der Waals surface area contributed by atoms with Gasteiger partial charge in [-0.3, -0.25) is 10.1 Å². The number of anilines is 1. The van der Waals surface area contributed by atoms with Gasteiger partial charge in [-0.1, -0.05) is 24.3 Å². The maximum atomic E-state index is 12.0. The summed E-state index contributed by atoms with van der Waals surface area (Å²) < 4.78 is 6.85. The minimum atomic E-state index is -0.698. The first kappa shape index (κ1) is 18.2. The van der Waals surface area contributed by atoms with Crippen molar-refractivity contribution in [3.05, 3.63) is 48.5 Å². The molecule has 0 saturated carbocycles. The van der Waals surface area contributed by atoms with E-state index < -0.39 is 11.9 Å². The van der Waals surface area contributed by atoms with E-state index in [1.165, 1.54) is 0 Å². The zero-order valence-corrected chi connectivity index (χ0v) is 15.7. The maximum absolute atomic E-state index is 12.0. The Morgan fingerprint density at radius 2 is 2.03 bits per heavy atom. The van der Waals surface area contributed by atoms with Gasteiger partial charge in [-0.2, -0.15) is 9.78 Å². The van der Waals surface area contributed by atoms with Gasteiger partial charge in [0.25, 0.3) is 5.91 Å². The first-order valence-electron chi connectivity index (χ1n) is 8.86. The second-order valence-corrected chi connectivity index (χ2v) is 6.32. The number of methoxy groups -OCH3 is 1. The normalized spacial score (nSPS) is 11.8. The van der Waals surface area contributed by atoms with Gasteiger partial charge in [-0.25, -0.2) is 9.97 Å². The molecule has 1 amide bonds. The van der Waals surface area contributed by atoms with Crippen LogP contribution in [0.5, 0.6) is 5.75 Å². The van der Waals surface area contributed by atoms with Crippen molar-refractivity contribution in [2.45, 2.75) is 13.0 Å². The van der Waals surface area contributed by atoms with Gasteiger partial charge < -0.3 is 10.1 Å². The number of hydrogen-bond acceptors (Lipinski definition) is 7. The molecule has 0 aliphatic rings. The number of carbonyl (C=O) groups excluding carboxylic acids is 1. The Hall–Kier alpha value is -4.19. The van der Waals surface area contributed by atoms with Crippen LogP contribution in [0.3, 0.4) is 0 Å². The Balaban J connectivity index is 1.87. The molecule has 2 heterocycles. The second kappa shape index (κ2) is 7.44. The zero-order chi connectivity index (χ0) is 20.4. The molecule has 0 spiro atoms. The van der Waals surface area contributed by atoms with E-state index in [9.17, 15) is 4.79 Å². The summed E-state index contributed by atoms with van der Waals surface area (Å²) in [6.45, 7) is 1.63. The molecular weight excluding hydrogens is 370 g/mol. The Morgan fingerprint density at radius 3 is 2.83 bits per heavy atom. The van der Waals surface area contributed by atoms with Gasteiger partial charge in [-0.15, -0.1) is 5.10 Å². The fourth-order valence-corrected chi connectivity index (χ4v) is 2.96. The molecule has 0 radical (unpaired) electrons. The van der Waals surface area contributed by atoms with E-state index in [4.69, 9.17) is 15.0 Å². The largest absolute Gasteiger partial charge is 0.497 e. The fraction of sp³-hybridized carbons (Fsp3) is 0.150. The molecule has 0 saturated heterocycles. The number of hydrogen-bond donors (Lipinski definition) is 2. The van der Waals surface area contributed by atoms with Crippen molar-refractivity contribution in [1.29, 1.82) is 5.26 Å². The minimum Gasteiger partial charge on any atom is -0.497 e. The van der Waals surface area contributed by atoms with Gasteiger partial charge in [-0.05, 0) is 31.2 Å². The number of fused-ring (bicyclic) bond motifs is 3. The van der Waals surface area contributed by atoms with E-state index in [1.807, 2.05) is 48.5 Å². The lowest BCUT2D eigenvalue weighted by Crippen LogP contribution is -2.35. The number of para-hydroxylation sites is 1. The van der Waals surface area contributed by atoms with E-state index in [0.717, 1.165) is 10.9 Å². The fourth-order valence-electron chi connectivity index (χ4n) is 2.96. The van der Waals surface area contributed by atoms with Gasteiger partial charge in [0, 0.05) is 10.9 Å². The summed E-state index contributed by atoms with van der Waals surface area (Å²) in [7, 11) is 1.60. The number of ether oxygens (including phenoxy) is 1. The van der Waals surface area contributed by atoms with E-state index in [2.05, 4.69) is 20.7 Å². The molecule has 0 fully saturated rings. The Morgan fingerprint density at radius 1 is 1.21 bits per heavy atom. The molecular formula is C20H17N7O2. The third-order valence-electron chi connectivity index (χ3n) is 4.43. The van der Waals surface area contributed by atoms with Gasteiger partial charge in [0.15, 0.2) is 17.7 Å². The van der Waals surface area contributed by atoms with E-state index in [0.29, 0.717) is 28.7 Å². The summed E-state index contributed by atoms with van der Waals surface area (Å²) >= 11 is 0.